The second-order valence-electron chi connectivity index (χ2n) is 11.3. The first kappa shape index (κ1) is 33.6. The fourth-order valence-corrected chi connectivity index (χ4v) is 5.52. The number of ketones is 1. The molecule has 10 heteroatoms. The lowest BCUT2D eigenvalue weighted by atomic mass is 9.85. The standard InChI is InChI=1S/C36H33F3N2O5/c1-18-12-26(13-19(2)22(18)5)30(36(37,38)39)27-14-20(3)31(21(4)15-27)41-34(44)29-17-24(10-11-28(29)35(45)46)32(42)23-8-7-9-25(16-23)33(43)40-6/h7-17,30H,1-6H3,(H,40,43)(H,41,44)(H,45,46). The number of carbonyl (C=O) groups excluding carboxylic acids is 3. The normalized spacial score (nSPS) is 11.9. The van der Waals surface area contributed by atoms with Crippen LogP contribution in [0.15, 0.2) is 66.7 Å². The van der Waals surface area contributed by atoms with Gasteiger partial charge in [0.25, 0.3) is 11.8 Å². The third-order valence-corrected chi connectivity index (χ3v) is 8.11. The molecule has 1 unspecified atom stereocenters. The number of aryl methyl sites for hydroxylation is 4. The van der Waals surface area contributed by atoms with Gasteiger partial charge in [-0.2, -0.15) is 13.2 Å². The van der Waals surface area contributed by atoms with Crippen molar-refractivity contribution in [3.63, 3.8) is 0 Å². The molecule has 0 fully saturated rings. The third kappa shape index (κ3) is 6.86. The van der Waals surface area contributed by atoms with Crippen molar-refractivity contribution in [2.75, 3.05) is 12.4 Å². The Hall–Kier alpha value is -5.25. The van der Waals surface area contributed by atoms with E-state index in [1.54, 1.807) is 27.7 Å². The molecule has 0 bridgehead atoms. The maximum absolute atomic E-state index is 14.5. The van der Waals surface area contributed by atoms with E-state index in [0.29, 0.717) is 11.1 Å². The first-order valence-electron chi connectivity index (χ1n) is 14.3. The quantitative estimate of drug-likeness (QED) is 0.175. The molecule has 0 spiro atoms. The Labute approximate surface area is 264 Å². The maximum Gasteiger partial charge on any atom is 0.399 e. The van der Waals surface area contributed by atoms with E-state index in [4.69, 9.17) is 0 Å². The summed E-state index contributed by atoms with van der Waals surface area (Å²) in [5.41, 5.74) is 3.12. The van der Waals surface area contributed by atoms with Crippen molar-refractivity contribution in [2.45, 2.75) is 46.7 Å². The Balaban J connectivity index is 1.72. The minimum absolute atomic E-state index is 0.000885. The van der Waals surface area contributed by atoms with Crippen molar-refractivity contribution in [3.8, 4) is 0 Å². The van der Waals surface area contributed by atoms with Crippen LogP contribution >= 0.6 is 0 Å². The number of carboxylic acids is 1. The molecular formula is C36H33F3N2O5. The molecule has 1 atom stereocenters. The summed E-state index contributed by atoms with van der Waals surface area (Å²) < 4.78 is 43.5. The van der Waals surface area contributed by atoms with Crippen LogP contribution in [-0.2, 0) is 0 Å². The van der Waals surface area contributed by atoms with Crippen LogP contribution in [0.2, 0.25) is 0 Å². The van der Waals surface area contributed by atoms with E-state index in [2.05, 4.69) is 10.6 Å². The molecule has 4 aromatic carbocycles. The Kier molecular flexibility index (Phi) is 9.51. The number of nitrogens with one attached hydrogen (secondary N) is 2. The van der Waals surface area contributed by atoms with Crippen LogP contribution in [0.25, 0.3) is 0 Å². The first-order chi connectivity index (χ1) is 21.5. The molecule has 0 radical (unpaired) electrons. The number of aromatic carboxylic acids is 1. The SMILES string of the molecule is CNC(=O)c1cccc(C(=O)c2ccc(C(=O)O)c(C(=O)Nc3c(C)cc(C(c4cc(C)c(C)c(C)c4)C(F)(F)F)cc3C)c2)c1. The number of carbonyl (C=O) groups is 4. The number of alkyl halides is 3. The smallest absolute Gasteiger partial charge is 0.399 e. The van der Waals surface area contributed by atoms with Gasteiger partial charge in [-0.25, -0.2) is 4.79 Å². The van der Waals surface area contributed by atoms with Crippen LogP contribution in [-0.4, -0.2) is 41.9 Å². The van der Waals surface area contributed by atoms with Gasteiger partial charge in [-0.15, -0.1) is 0 Å². The van der Waals surface area contributed by atoms with Crippen LogP contribution in [0.1, 0.15) is 91.9 Å². The number of carboxylic acid groups (broad SMARTS) is 1. The lowest BCUT2D eigenvalue weighted by Crippen LogP contribution is -2.23. The molecule has 238 valence electrons. The average Bonchev–Trinajstić information content (AvgIpc) is 2.99. The number of rotatable bonds is 8. The zero-order valence-corrected chi connectivity index (χ0v) is 26.1. The molecule has 0 saturated heterocycles. The molecule has 3 N–H and O–H groups in total. The molecule has 0 aromatic heterocycles. The van der Waals surface area contributed by atoms with Gasteiger partial charge in [-0.1, -0.05) is 42.5 Å². The van der Waals surface area contributed by atoms with E-state index in [1.165, 1.54) is 61.6 Å². The van der Waals surface area contributed by atoms with E-state index in [1.807, 2.05) is 6.92 Å². The second-order valence-corrected chi connectivity index (χ2v) is 11.3. The van der Waals surface area contributed by atoms with Crippen molar-refractivity contribution >= 4 is 29.3 Å². The zero-order valence-electron chi connectivity index (χ0n) is 26.1. The summed E-state index contributed by atoms with van der Waals surface area (Å²) in [6.07, 6.45) is -4.60. The van der Waals surface area contributed by atoms with E-state index < -0.39 is 35.7 Å². The van der Waals surface area contributed by atoms with Gasteiger partial charge in [-0.05, 0) is 97.8 Å². The minimum Gasteiger partial charge on any atom is -0.478 e. The maximum atomic E-state index is 14.5. The van der Waals surface area contributed by atoms with Crippen LogP contribution in [0.4, 0.5) is 18.9 Å². The second kappa shape index (κ2) is 13.0. The molecule has 7 nitrogen and oxygen atoms in total. The predicted molar refractivity (Wildman–Crippen MR) is 169 cm³/mol. The highest BCUT2D eigenvalue weighted by Gasteiger charge is 2.42. The molecule has 0 saturated carbocycles. The summed E-state index contributed by atoms with van der Waals surface area (Å²) in [6.45, 7) is 8.51. The van der Waals surface area contributed by atoms with E-state index >= 15 is 0 Å². The largest absolute Gasteiger partial charge is 0.478 e. The summed E-state index contributed by atoms with van der Waals surface area (Å²) in [5, 5.41) is 14.9. The van der Waals surface area contributed by atoms with Crippen LogP contribution in [0, 0.1) is 34.6 Å². The van der Waals surface area contributed by atoms with Gasteiger partial charge in [0.15, 0.2) is 5.78 Å². The van der Waals surface area contributed by atoms with Gasteiger partial charge < -0.3 is 15.7 Å². The van der Waals surface area contributed by atoms with Gasteiger partial charge in [0.05, 0.1) is 11.1 Å². The average molecular weight is 631 g/mol. The fraction of sp³-hybridized carbons (Fsp3) is 0.222. The summed E-state index contributed by atoms with van der Waals surface area (Å²) in [4.78, 5) is 50.9. The van der Waals surface area contributed by atoms with Crippen LogP contribution < -0.4 is 10.6 Å². The van der Waals surface area contributed by atoms with Crippen LogP contribution in [0.3, 0.4) is 0 Å². The minimum atomic E-state index is -4.60. The van der Waals surface area contributed by atoms with Crippen molar-refractivity contribution in [1.29, 1.82) is 0 Å². The molecule has 46 heavy (non-hydrogen) atoms. The highest BCUT2D eigenvalue weighted by molar-refractivity contribution is 6.15. The fourth-order valence-electron chi connectivity index (χ4n) is 5.52. The molecule has 4 rings (SSSR count). The van der Waals surface area contributed by atoms with Crippen molar-refractivity contribution in [1.82, 2.24) is 5.32 Å². The third-order valence-electron chi connectivity index (χ3n) is 8.11. The molecule has 4 aromatic rings. The Morgan fingerprint density at radius 3 is 1.72 bits per heavy atom. The van der Waals surface area contributed by atoms with Crippen molar-refractivity contribution in [2.24, 2.45) is 0 Å². The van der Waals surface area contributed by atoms with E-state index in [9.17, 15) is 37.5 Å². The Morgan fingerprint density at radius 2 is 1.20 bits per heavy atom. The van der Waals surface area contributed by atoms with E-state index in [-0.39, 0.29) is 44.6 Å². The predicted octanol–water partition coefficient (Wildman–Crippen LogP) is 7.46. The Morgan fingerprint density at radius 1 is 0.674 bits per heavy atom. The summed E-state index contributed by atoms with van der Waals surface area (Å²) in [7, 11) is 1.45. The highest BCUT2D eigenvalue weighted by Crippen LogP contribution is 2.42. The van der Waals surface area contributed by atoms with Gasteiger partial charge >= 0.3 is 12.1 Å². The van der Waals surface area contributed by atoms with Gasteiger partial charge in [0.1, 0.15) is 5.92 Å². The highest BCUT2D eigenvalue weighted by atomic mass is 19.4. The molecule has 0 aliphatic rings. The number of anilines is 1. The van der Waals surface area contributed by atoms with Crippen LogP contribution in [0.5, 0.6) is 0 Å². The number of hydrogen-bond acceptors (Lipinski definition) is 4. The number of benzene rings is 4. The lowest BCUT2D eigenvalue weighted by Gasteiger charge is -2.25. The van der Waals surface area contributed by atoms with Crippen molar-refractivity contribution in [3.05, 3.63) is 133 Å². The van der Waals surface area contributed by atoms with Gasteiger partial charge in [-0.3, -0.25) is 14.4 Å². The summed E-state index contributed by atoms with van der Waals surface area (Å²) in [6, 6.07) is 15.3. The van der Waals surface area contributed by atoms with Crippen molar-refractivity contribution < 1.29 is 37.5 Å². The monoisotopic (exact) mass is 630 g/mol. The van der Waals surface area contributed by atoms with Gasteiger partial charge in [0, 0.05) is 29.4 Å². The van der Waals surface area contributed by atoms with E-state index in [0.717, 1.165) is 28.8 Å². The topological polar surface area (TPSA) is 113 Å². The molecule has 0 aliphatic heterocycles. The molecule has 0 aliphatic carbocycles. The molecular weight excluding hydrogens is 597 g/mol. The number of amides is 2. The first-order valence-corrected chi connectivity index (χ1v) is 14.3. The zero-order chi connectivity index (χ0) is 34.1. The number of hydrogen-bond donors (Lipinski definition) is 3. The molecule has 0 heterocycles. The summed E-state index contributed by atoms with van der Waals surface area (Å²) in [5.74, 6) is -5.13. The molecule has 2 amide bonds. The summed E-state index contributed by atoms with van der Waals surface area (Å²) >= 11 is 0. The van der Waals surface area contributed by atoms with Gasteiger partial charge in [0.2, 0.25) is 0 Å². The lowest BCUT2D eigenvalue weighted by molar-refractivity contribution is -0.141. The Bertz CT molecular complexity index is 1850. The number of halogens is 3.